The van der Waals surface area contributed by atoms with Gasteiger partial charge in [0.15, 0.2) is 0 Å². The Balaban J connectivity index is 1.85. The molecule has 1 fully saturated rings. The largest absolute Gasteiger partial charge is 0.490 e. The van der Waals surface area contributed by atoms with Crippen LogP contribution < -0.4 is 15.4 Å². The summed E-state index contributed by atoms with van der Waals surface area (Å²) in [5.74, 6) is -1.33. The molecule has 0 spiro atoms. The molecule has 1 heterocycles. The lowest BCUT2D eigenvalue weighted by atomic mass is 9.88. The van der Waals surface area contributed by atoms with Gasteiger partial charge in [-0.15, -0.1) is 0 Å². The summed E-state index contributed by atoms with van der Waals surface area (Å²) in [5.41, 5.74) is -1.99. The number of hydrogen-bond acceptors (Lipinski definition) is 6. The highest BCUT2D eigenvalue weighted by molar-refractivity contribution is 5.87. The van der Waals surface area contributed by atoms with Crippen molar-refractivity contribution in [3.63, 3.8) is 0 Å². The molecule has 3 atom stereocenters. The summed E-state index contributed by atoms with van der Waals surface area (Å²) in [7, 11) is 1.11. The lowest BCUT2D eigenvalue weighted by Crippen LogP contribution is -2.44. The first-order valence-corrected chi connectivity index (χ1v) is 10.3. The first-order chi connectivity index (χ1) is 16.9. The van der Waals surface area contributed by atoms with Crippen LogP contribution in [-0.4, -0.2) is 38.1 Å². The second-order valence-electron chi connectivity index (χ2n) is 7.89. The number of amides is 1. The molecule has 3 unspecified atom stereocenters. The van der Waals surface area contributed by atoms with Crippen LogP contribution in [0.2, 0.25) is 0 Å². The molecule has 0 aromatic heterocycles. The van der Waals surface area contributed by atoms with Crippen LogP contribution in [0.1, 0.15) is 34.6 Å². The van der Waals surface area contributed by atoms with Crippen molar-refractivity contribution in [3.8, 4) is 17.9 Å². The van der Waals surface area contributed by atoms with Crippen LogP contribution >= 0.6 is 0 Å². The zero-order valence-corrected chi connectivity index (χ0v) is 18.5. The van der Waals surface area contributed by atoms with Crippen molar-refractivity contribution in [2.75, 3.05) is 19.0 Å². The molecule has 1 aliphatic heterocycles. The molecule has 1 amide bonds. The number of anilines is 1. The van der Waals surface area contributed by atoms with Gasteiger partial charge in [0.25, 0.3) is 0 Å². The number of ether oxygens (including phenoxy) is 2. The van der Waals surface area contributed by atoms with Gasteiger partial charge in [-0.25, -0.2) is 4.79 Å². The summed E-state index contributed by atoms with van der Waals surface area (Å²) in [6.45, 7) is -0.326. The number of benzene rings is 2. The predicted molar refractivity (Wildman–Crippen MR) is 113 cm³/mol. The number of carbonyl (C=O) groups is 1. The molecule has 0 radical (unpaired) electrons. The SMILES string of the molecule is COC(=O)Nc1cc(C#N)ccc1OCC1CC(c2ccc(C#N)c(C(F)(F)F)c2)C(C(F)(F)F)N1. The Labute approximate surface area is 201 Å². The smallest absolute Gasteiger partial charge is 0.417 e. The van der Waals surface area contributed by atoms with Gasteiger partial charge >= 0.3 is 18.4 Å². The van der Waals surface area contributed by atoms with E-state index in [2.05, 4.69) is 15.4 Å². The molecular weight excluding hydrogens is 494 g/mol. The van der Waals surface area contributed by atoms with Crippen LogP contribution in [0.5, 0.6) is 5.75 Å². The fourth-order valence-electron chi connectivity index (χ4n) is 3.95. The zero-order valence-electron chi connectivity index (χ0n) is 18.5. The lowest BCUT2D eigenvalue weighted by Gasteiger charge is -2.23. The minimum Gasteiger partial charge on any atom is -0.490 e. The first-order valence-electron chi connectivity index (χ1n) is 10.3. The molecule has 3 rings (SSSR count). The molecule has 36 heavy (non-hydrogen) atoms. The lowest BCUT2D eigenvalue weighted by molar-refractivity contribution is -0.156. The number of nitrogens with zero attached hydrogens (tertiary/aromatic N) is 2. The van der Waals surface area contributed by atoms with Crippen molar-refractivity contribution >= 4 is 11.8 Å². The van der Waals surface area contributed by atoms with Crippen molar-refractivity contribution in [2.24, 2.45) is 0 Å². The molecule has 13 heteroatoms. The van der Waals surface area contributed by atoms with E-state index in [4.69, 9.17) is 15.3 Å². The fraction of sp³-hybridized carbons (Fsp3) is 0.348. The number of halogens is 6. The van der Waals surface area contributed by atoms with Crippen LogP contribution in [0, 0.1) is 22.7 Å². The highest BCUT2D eigenvalue weighted by Crippen LogP contribution is 2.42. The zero-order chi connectivity index (χ0) is 26.7. The Bertz CT molecular complexity index is 1220. The molecule has 0 bridgehead atoms. The molecule has 0 saturated carbocycles. The van der Waals surface area contributed by atoms with Gasteiger partial charge in [0.2, 0.25) is 0 Å². The van der Waals surface area contributed by atoms with E-state index in [0.717, 1.165) is 19.2 Å². The Morgan fingerprint density at radius 1 is 1.11 bits per heavy atom. The van der Waals surface area contributed by atoms with Gasteiger partial charge in [0.1, 0.15) is 18.4 Å². The summed E-state index contributed by atoms with van der Waals surface area (Å²) in [6, 6.07) is 6.70. The normalized spacial score (nSPS) is 19.8. The molecule has 2 aromatic rings. The van der Waals surface area contributed by atoms with Crippen LogP contribution in [0.3, 0.4) is 0 Å². The average molecular weight is 512 g/mol. The maximum atomic E-state index is 13.8. The Kier molecular flexibility index (Phi) is 7.65. The molecule has 1 saturated heterocycles. The number of nitriles is 2. The highest BCUT2D eigenvalue weighted by Gasteiger charge is 2.51. The number of nitrogens with one attached hydrogen (secondary N) is 2. The number of methoxy groups -OCH3 is 1. The molecule has 190 valence electrons. The van der Waals surface area contributed by atoms with Gasteiger partial charge in [-0.2, -0.15) is 36.9 Å². The van der Waals surface area contributed by atoms with E-state index in [1.54, 1.807) is 0 Å². The van der Waals surface area contributed by atoms with Crippen molar-refractivity contribution in [2.45, 2.75) is 36.8 Å². The third-order valence-corrected chi connectivity index (χ3v) is 5.58. The van der Waals surface area contributed by atoms with Gasteiger partial charge in [-0.05, 0) is 42.3 Å². The van der Waals surface area contributed by atoms with Crippen LogP contribution in [0.25, 0.3) is 0 Å². The molecule has 2 N–H and O–H groups in total. The molecule has 7 nitrogen and oxygen atoms in total. The Hall–Kier alpha value is -3.97. The topological polar surface area (TPSA) is 107 Å². The van der Waals surface area contributed by atoms with Crippen LogP contribution in [0.4, 0.5) is 36.8 Å². The highest BCUT2D eigenvalue weighted by atomic mass is 19.4. The quantitative estimate of drug-likeness (QED) is 0.541. The summed E-state index contributed by atoms with van der Waals surface area (Å²) >= 11 is 0. The van der Waals surface area contributed by atoms with Gasteiger partial charge in [-0.3, -0.25) is 10.6 Å². The number of alkyl halides is 6. The summed E-state index contributed by atoms with van der Waals surface area (Å²) in [4.78, 5) is 11.6. The van der Waals surface area contributed by atoms with Gasteiger partial charge in [-0.1, -0.05) is 6.07 Å². The summed E-state index contributed by atoms with van der Waals surface area (Å²) < 4.78 is 91.5. The monoisotopic (exact) mass is 512 g/mol. The van der Waals surface area contributed by atoms with E-state index in [9.17, 15) is 31.1 Å². The standard InChI is InChI=1S/C23H18F6N4O3/c1-35-21(34)33-18-6-12(9-30)2-5-19(18)36-11-15-8-16(20(32-15)23(27,28)29)13-3-4-14(10-31)17(7-13)22(24,25)26/h2-7,15-16,20,32H,8,11H2,1H3,(H,33,34). The third-order valence-electron chi connectivity index (χ3n) is 5.58. The molecule has 2 aromatic carbocycles. The molecular formula is C23H18F6N4O3. The maximum absolute atomic E-state index is 13.8. The fourth-order valence-corrected chi connectivity index (χ4v) is 3.95. The average Bonchev–Trinajstić information content (AvgIpc) is 3.27. The summed E-state index contributed by atoms with van der Waals surface area (Å²) in [5, 5.41) is 22.7. The van der Waals surface area contributed by atoms with E-state index in [-0.39, 0.29) is 35.6 Å². The molecule has 1 aliphatic rings. The number of hydrogen-bond donors (Lipinski definition) is 2. The molecule has 0 aliphatic carbocycles. The van der Waals surface area contributed by atoms with Crippen molar-refractivity contribution in [1.29, 1.82) is 10.5 Å². The van der Waals surface area contributed by atoms with E-state index in [1.165, 1.54) is 24.3 Å². The van der Waals surface area contributed by atoms with Gasteiger partial charge in [0.05, 0.1) is 41.6 Å². The van der Waals surface area contributed by atoms with Crippen molar-refractivity contribution in [3.05, 3.63) is 58.7 Å². The minimum atomic E-state index is -4.91. The van der Waals surface area contributed by atoms with Crippen molar-refractivity contribution < 1.29 is 40.6 Å². The van der Waals surface area contributed by atoms with E-state index in [0.29, 0.717) is 6.07 Å². The van der Waals surface area contributed by atoms with Crippen molar-refractivity contribution in [1.82, 2.24) is 5.32 Å². The van der Waals surface area contributed by atoms with E-state index >= 15 is 0 Å². The maximum Gasteiger partial charge on any atom is 0.417 e. The third kappa shape index (κ3) is 5.98. The second kappa shape index (κ2) is 10.3. The van der Waals surface area contributed by atoms with Gasteiger partial charge < -0.3 is 9.47 Å². The summed E-state index contributed by atoms with van der Waals surface area (Å²) in [6.07, 6.45) is -10.8. The number of carbonyl (C=O) groups excluding carboxylic acids is 1. The van der Waals surface area contributed by atoms with Crippen LogP contribution in [0.15, 0.2) is 36.4 Å². The Morgan fingerprint density at radius 3 is 2.42 bits per heavy atom. The first kappa shape index (κ1) is 26.6. The Morgan fingerprint density at radius 2 is 1.83 bits per heavy atom. The van der Waals surface area contributed by atoms with E-state index < -0.39 is 47.6 Å². The van der Waals surface area contributed by atoms with E-state index in [1.807, 2.05) is 6.07 Å². The minimum absolute atomic E-state index is 0.0460. The second-order valence-corrected chi connectivity index (χ2v) is 7.89. The van der Waals surface area contributed by atoms with Crippen LogP contribution in [-0.2, 0) is 10.9 Å². The predicted octanol–water partition coefficient (Wildman–Crippen LogP) is 5.08. The number of rotatable bonds is 5. The van der Waals surface area contributed by atoms with Gasteiger partial charge in [0, 0.05) is 12.0 Å².